The van der Waals surface area contributed by atoms with Crippen LogP contribution < -0.4 is 5.32 Å². The molecule has 92 valence electrons. The van der Waals surface area contributed by atoms with E-state index < -0.39 is 0 Å². The standard InChI is InChI=1S/C13H23NO2/c1-13(2)7-5-11(6-8-13)16-12(15)9-14-10-3-4-10/h10-11,14H,3-9H2,1-2H3. The summed E-state index contributed by atoms with van der Waals surface area (Å²) >= 11 is 0. The van der Waals surface area contributed by atoms with Crippen molar-refractivity contribution in [1.82, 2.24) is 5.32 Å². The van der Waals surface area contributed by atoms with Crippen molar-refractivity contribution >= 4 is 5.97 Å². The van der Waals surface area contributed by atoms with E-state index in [-0.39, 0.29) is 12.1 Å². The Morgan fingerprint density at radius 3 is 2.44 bits per heavy atom. The van der Waals surface area contributed by atoms with Crippen molar-refractivity contribution < 1.29 is 9.53 Å². The smallest absolute Gasteiger partial charge is 0.320 e. The summed E-state index contributed by atoms with van der Waals surface area (Å²) in [5, 5.41) is 3.19. The molecule has 0 aromatic rings. The van der Waals surface area contributed by atoms with Crippen LogP contribution in [0.4, 0.5) is 0 Å². The van der Waals surface area contributed by atoms with E-state index in [1.807, 2.05) is 0 Å². The zero-order valence-corrected chi connectivity index (χ0v) is 10.4. The van der Waals surface area contributed by atoms with E-state index in [2.05, 4.69) is 19.2 Å². The van der Waals surface area contributed by atoms with Gasteiger partial charge in [-0.25, -0.2) is 0 Å². The molecule has 0 bridgehead atoms. The highest BCUT2D eigenvalue weighted by Crippen LogP contribution is 2.36. The first-order chi connectivity index (χ1) is 7.55. The minimum absolute atomic E-state index is 0.0726. The van der Waals surface area contributed by atoms with Gasteiger partial charge >= 0.3 is 5.97 Å². The average Bonchev–Trinajstić information content (AvgIpc) is 3.02. The molecule has 0 aromatic heterocycles. The van der Waals surface area contributed by atoms with Gasteiger partial charge in [-0.1, -0.05) is 13.8 Å². The molecule has 0 aromatic carbocycles. The van der Waals surface area contributed by atoms with E-state index in [0.29, 0.717) is 18.0 Å². The van der Waals surface area contributed by atoms with Crippen molar-refractivity contribution in [2.24, 2.45) is 5.41 Å². The minimum atomic E-state index is -0.0726. The number of rotatable bonds is 4. The fourth-order valence-corrected chi connectivity index (χ4v) is 2.23. The lowest BCUT2D eigenvalue weighted by atomic mass is 9.76. The predicted molar refractivity (Wildman–Crippen MR) is 63.2 cm³/mol. The highest BCUT2D eigenvalue weighted by atomic mass is 16.5. The molecule has 2 aliphatic rings. The maximum Gasteiger partial charge on any atom is 0.320 e. The molecule has 0 amide bonds. The van der Waals surface area contributed by atoms with Crippen LogP contribution in [0.2, 0.25) is 0 Å². The summed E-state index contributed by atoms with van der Waals surface area (Å²) in [6.45, 7) is 4.98. The number of carbonyl (C=O) groups excluding carboxylic acids is 1. The summed E-state index contributed by atoms with van der Waals surface area (Å²) in [4.78, 5) is 11.5. The molecule has 2 aliphatic carbocycles. The minimum Gasteiger partial charge on any atom is -0.461 e. The molecule has 0 saturated heterocycles. The van der Waals surface area contributed by atoms with Gasteiger partial charge in [-0.2, -0.15) is 0 Å². The molecule has 0 heterocycles. The maximum absolute atomic E-state index is 11.5. The SMILES string of the molecule is CC1(C)CCC(OC(=O)CNC2CC2)CC1. The Hall–Kier alpha value is -0.570. The van der Waals surface area contributed by atoms with E-state index in [1.54, 1.807) is 0 Å². The Morgan fingerprint density at radius 2 is 1.88 bits per heavy atom. The van der Waals surface area contributed by atoms with Gasteiger partial charge in [-0.3, -0.25) is 4.79 Å². The van der Waals surface area contributed by atoms with Gasteiger partial charge in [-0.15, -0.1) is 0 Å². The van der Waals surface area contributed by atoms with E-state index >= 15 is 0 Å². The normalized spacial score (nSPS) is 25.4. The van der Waals surface area contributed by atoms with E-state index in [4.69, 9.17) is 4.74 Å². The van der Waals surface area contributed by atoms with Gasteiger partial charge in [0, 0.05) is 6.04 Å². The first kappa shape index (κ1) is 11.9. The third kappa shape index (κ3) is 3.78. The van der Waals surface area contributed by atoms with E-state index in [9.17, 15) is 4.79 Å². The van der Waals surface area contributed by atoms with Crippen LogP contribution in [0.5, 0.6) is 0 Å². The van der Waals surface area contributed by atoms with Gasteiger partial charge in [0.1, 0.15) is 6.10 Å². The van der Waals surface area contributed by atoms with Crippen molar-refractivity contribution in [1.29, 1.82) is 0 Å². The fourth-order valence-electron chi connectivity index (χ4n) is 2.23. The zero-order chi connectivity index (χ0) is 11.6. The Kier molecular flexibility index (Phi) is 3.53. The van der Waals surface area contributed by atoms with Crippen molar-refractivity contribution in [3.8, 4) is 0 Å². The van der Waals surface area contributed by atoms with Gasteiger partial charge in [0.25, 0.3) is 0 Å². The van der Waals surface area contributed by atoms with Gasteiger partial charge in [0.05, 0.1) is 6.54 Å². The molecule has 0 atom stereocenters. The quantitative estimate of drug-likeness (QED) is 0.746. The Bertz CT molecular complexity index is 249. The molecule has 0 unspecified atom stereocenters. The summed E-state index contributed by atoms with van der Waals surface area (Å²) in [6, 6.07) is 0.581. The first-order valence-electron chi connectivity index (χ1n) is 6.48. The van der Waals surface area contributed by atoms with E-state index in [1.165, 1.54) is 25.7 Å². The van der Waals surface area contributed by atoms with Crippen LogP contribution in [-0.4, -0.2) is 24.7 Å². The van der Waals surface area contributed by atoms with Gasteiger partial charge in [0.2, 0.25) is 0 Å². The Balaban J connectivity index is 1.63. The number of hydrogen-bond acceptors (Lipinski definition) is 3. The van der Waals surface area contributed by atoms with Crippen LogP contribution in [0.15, 0.2) is 0 Å². The number of nitrogens with one attached hydrogen (secondary N) is 1. The first-order valence-corrected chi connectivity index (χ1v) is 6.48. The summed E-state index contributed by atoms with van der Waals surface area (Å²) < 4.78 is 5.46. The predicted octanol–water partition coefficient (Wildman–Crippen LogP) is 2.25. The highest BCUT2D eigenvalue weighted by Gasteiger charge is 2.29. The third-order valence-electron chi connectivity index (χ3n) is 3.70. The number of ether oxygens (including phenoxy) is 1. The van der Waals surface area contributed by atoms with Gasteiger partial charge in [-0.05, 0) is 43.9 Å². The molecule has 2 rings (SSSR count). The average molecular weight is 225 g/mol. The van der Waals surface area contributed by atoms with Crippen LogP contribution in [0, 0.1) is 5.41 Å². The summed E-state index contributed by atoms with van der Waals surface area (Å²) in [5.74, 6) is -0.0726. The topological polar surface area (TPSA) is 38.3 Å². The van der Waals surface area contributed by atoms with Gasteiger partial charge in [0.15, 0.2) is 0 Å². The van der Waals surface area contributed by atoms with Crippen molar-refractivity contribution in [3.05, 3.63) is 0 Å². The van der Waals surface area contributed by atoms with Crippen molar-refractivity contribution in [2.45, 2.75) is 64.5 Å². The number of esters is 1. The van der Waals surface area contributed by atoms with Crippen molar-refractivity contribution in [2.75, 3.05) is 6.54 Å². The Labute approximate surface area is 97.9 Å². The molecule has 1 N–H and O–H groups in total. The monoisotopic (exact) mass is 225 g/mol. The molecule has 3 heteroatoms. The summed E-state index contributed by atoms with van der Waals surface area (Å²) in [6.07, 6.45) is 6.99. The molecule has 0 spiro atoms. The largest absolute Gasteiger partial charge is 0.461 e. The van der Waals surface area contributed by atoms with Crippen LogP contribution >= 0.6 is 0 Å². The summed E-state index contributed by atoms with van der Waals surface area (Å²) in [7, 11) is 0. The van der Waals surface area contributed by atoms with Crippen molar-refractivity contribution in [3.63, 3.8) is 0 Å². The highest BCUT2D eigenvalue weighted by molar-refractivity contribution is 5.71. The van der Waals surface area contributed by atoms with Crippen LogP contribution in [0.3, 0.4) is 0 Å². The molecule has 16 heavy (non-hydrogen) atoms. The second kappa shape index (κ2) is 4.74. The second-order valence-corrected chi connectivity index (χ2v) is 6.01. The van der Waals surface area contributed by atoms with Crippen LogP contribution in [0.25, 0.3) is 0 Å². The van der Waals surface area contributed by atoms with Crippen LogP contribution in [0.1, 0.15) is 52.4 Å². The molecular formula is C13H23NO2. The third-order valence-corrected chi connectivity index (χ3v) is 3.70. The number of hydrogen-bond donors (Lipinski definition) is 1. The molecule has 2 fully saturated rings. The number of carbonyl (C=O) groups is 1. The van der Waals surface area contributed by atoms with Crippen LogP contribution in [-0.2, 0) is 9.53 Å². The van der Waals surface area contributed by atoms with E-state index in [0.717, 1.165) is 12.8 Å². The second-order valence-electron chi connectivity index (χ2n) is 6.01. The lowest BCUT2D eigenvalue weighted by Gasteiger charge is -2.33. The molecule has 3 nitrogen and oxygen atoms in total. The molecule has 2 saturated carbocycles. The molecule has 0 radical (unpaired) electrons. The molecule has 0 aliphatic heterocycles. The lowest BCUT2D eigenvalue weighted by molar-refractivity contribution is -0.150. The maximum atomic E-state index is 11.5. The zero-order valence-electron chi connectivity index (χ0n) is 10.4. The summed E-state index contributed by atoms with van der Waals surface area (Å²) in [5.41, 5.74) is 0.440. The van der Waals surface area contributed by atoms with Gasteiger partial charge < -0.3 is 10.1 Å². The fraction of sp³-hybridized carbons (Fsp3) is 0.923. The molecular weight excluding hydrogens is 202 g/mol. The lowest BCUT2D eigenvalue weighted by Crippen LogP contribution is -2.32. The Morgan fingerprint density at radius 1 is 1.25 bits per heavy atom.